The number of hydrogen-bond acceptors (Lipinski definition) is 3. The zero-order valence-corrected chi connectivity index (χ0v) is 11.4. The molecule has 1 aromatic rings. The summed E-state index contributed by atoms with van der Waals surface area (Å²) in [6.45, 7) is 0.946. The SMILES string of the molecule is Nc1cc(Cl)ccc1SCCCC1CCCO1. The molecule has 2 nitrogen and oxygen atoms in total. The first-order valence-corrected chi connectivity index (χ1v) is 7.41. The fourth-order valence-electron chi connectivity index (χ4n) is 2.02. The summed E-state index contributed by atoms with van der Waals surface area (Å²) < 4.78 is 5.59. The topological polar surface area (TPSA) is 35.2 Å². The van der Waals surface area contributed by atoms with Gasteiger partial charge in [0.25, 0.3) is 0 Å². The Morgan fingerprint density at radius 3 is 3.06 bits per heavy atom. The second kappa shape index (κ2) is 6.53. The van der Waals surface area contributed by atoms with E-state index >= 15 is 0 Å². The summed E-state index contributed by atoms with van der Waals surface area (Å²) in [5, 5.41) is 0.700. The largest absolute Gasteiger partial charge is 0.398 e. The second-order valence-electron chi connectivity index (χ2n) is 4.31. The summed E-state index contributed by atoms with van der Waals surface area (Å²) in [7, 11) is 0. The molecule has 2 rings (SSSR count). The highest BCUT2D eigenvalue weighted by Crippen LogP contribution is 2.29. The monoisotopic (exact) mass is 271 g/mol. The maximum Gasteiger partial charge on any atom is 0.0576 e. The van der Waals surface area contributed by atoms with E-state index in [1.165, 1.54) is 25.7 Å². The minimum absolute atomic E-state index is 0.498. The highest BCUT2D eigenvalue weighted by molar-refractivity contribution is 7.99. The van der Waals surface area contributed by atoms with Gasteiger partial charge in [-0.3, -0.25) is 0 Å². The summed E-state index contributed by atoms with van der Waals surface area (Å²) >= 11 is 7.66. The molecule has 4 heteroatoms. The third kappa shape index (κ3) is 4.09. The summed E-state index contributed by atoms with van der Waals surface area (Å²) in [5.41, 5.74) is 6.67. The molecule has 0 spiro atoms. The van der Waals surface area contributed by atoms with Crippen molar-refractivity contribution in [1.82, 2.24) is 0 Å². The lowest BCUT2D eigenvalue weighted by Crippen LogP contribution is -2.04. The van der Waals surface area contributed by atoms with Gasteiger partial charge in [-0.05, 0) is 49.6 Å². The Morgan fingerprint density at radius 1 is 1.47 bits per heavy atom. The molecule has 0 saturated carbocycles. The molecule has 1 heterocycles. The molecule has 1 atom stereocenters. The molecule has 1 aliphatic heterocycles. The summed E-state index contributed by atoms with van der Waals surface area (Å²) in [6, 6.07) is 5.69. The number of ether oxygens (including phenoxy) is 1. The predicted octanol–water partition coefficient (Wildman–Crippen LogP) is 3.97. The fraction of sp³-hybridized carbons (Fsp3) is 0.538. The molecule has 0 amide bonds. The number of nitrogens with two attached hydrogens (primary N) is 1. The number of benzene rings is 1. The van der Waals surface area contributed by atoms with E-state index < -0.39 is 0 Å². The highest BCUT2D eigenvalue weighted by Gasteiger charge is 2.14. The maximum atomic E-state index is 5.90. The Morgan fingerprint density at radius 2 is 2.35 bits per heavy atom. The zero-order valence-electron chi connectivity index (χ0n) is 9.82. The Balaban J connectivity index is 1.70. The van der Waals surface area contributed by atoms with Crippen molar-refractivity contribution in [2.24, 2.45) is 0 Å². The number of thioether (sulfide) groups is 1. The highest BCUT2D eigenvalue weighted by atomic mass is 35.5. The van der Waals surface area contributed by atoms with Crippen LogP contribution in [0.2, 0.25) is 5.02 Å². The van der Waals surface area contributed by atoms with Gasteiger partial charge >= 0.3 is 0 Å². The van der Waals surface area contributed by atoms with Crippen LogP contribution in [0.4, 0.5) is 5.69 Å². The van der Waals surface area contributed by atoms with Gasteiger partial charge in [0.05, 0.1) is 6.10 Å². The maximum absolute atomic E-state index is 5.90. The molecular formula is C13H18ClNOS. The van der Waals surface area contributed by atoms with Crippen LogP contribution in [-0.4, -0.2) is 18.5 Å². The van der Waals surface area contributed by atoms with Crippen LogP contribution in [0.5, 0.6) is 0 Å². The summed E-state index contributed by atoms with van der Waals surface area (Å²) in [4.78, 5) is 1.13. The number of hydrogen-bond donors (Lipinski definition) is 1. The van der Waals surface area contributed by atoms with Crippen molar-refractivity contribution >= 4 is 29.1 Å². The molecule has 2 N–H and O–H groups in total. The first-order valence-electron chi connectivity index (χ1n) is 6.05. The lowest BCUT2D eigenvalue weighted by Gasteiger charge is -2.09. The van der Waals surface area contributed by atoms with Crippen LogP contribution in [0.3, 0.4) is 0 Å². The number of rotatable bonds is 5. The van der Waals surface area contributed by atoms with Crippen LogP contribution in [0.15, 0.2) is 23.1 Å². The minimum atomic E-state index is 0.498. The Bertz CT molecular complexity index is 366. The Hall–Kier alpha value is -0.380. The van der Waals surface area contributed by atoms with E-state index in [0.29, 0.717) is 11.1 Å². The zero-order chi connectivity index (χ0) is 12.1. The van der Waals surface area contributed by atoms with E-state index in [-0.39, 0.29) is 0 Å². The van der Waals surface area contributed by atoms with Crippen molar-refractivity contribution in [2.45, 2.75) is 36.7 Å². The average Bonchev–Trinajstić information content (AvgIpc) is 2.79. The first-order chi connectivity index (χ1) is 8.25. The molecule has 1 aliphatic rings. The van der Waals surface area contributed by atoms with Crippen LogP contribution in [0, 0.1) is 0 Å². The van der Waals surface area contributed by atoms with Gasteiger partial charge in [-0.2, -0.15) is 0 Å². The van der Waals surface area contributed by atoms with Crippen LogP contribution < -0.4 is 5.73 Å². The van der Waals surface area contributed by atoms with Crippen LogP contribution >= 0.6 is 23.4 Å². The van der Waals surface area contributed by atoms with E-state index in [1.807, 2.05) is 18.2 Å². The molecule has 1 fully saturated rings. The van der Waals surface area contributed by atoms with Crippen LogP contribution in [0.25, 0.3) is 0 Å². The van der Waals surface area contributed by atoms with Crippen LogP contribution in [0.1, 0.15) is 25.7 Å². The van der Waals surface area contributed by atoms with Gasteiger partial charge in [0.1, 0.15) is 0 Å². The molecule has 1 aromatic carbocycles. The third-order valence-corrected chi connectivity index (χ3v) is 4.33. The minimum Gasteiger partial charge on any atom is -0.398 e. The first kappa shape index (κ1) is 13.1. The second-order valence-corrected chi connectivity index (χ2v) is 5.88. The smallest absolute Gasteiger partial charge is 0.0576 e. The van der Waals surface area contributed by atoms with E-state index in [1.54, 1.807) is 11.8 Å². The fourth-order valence-corrected chi connectivity index (χ4v) is 3.12. The predicted molar refractivity (Wildman–Crippen MR) is 74.8 cm³/mol. The third-order valence-electron chi connectivity index (χ3n) is 2.92. The van der Waals surface area contributed by atoms with Gasteiger partial charge in [-0.1, -0.05) is 11.6 Å². The van der Waals surface area contributed by atoms with Gasteiger partial charge < -0.3 is 10.5 Å². The number of halogens is 1. The van der Waals surface area contributed by atoms with E-state index in [9.17, 15) is 0 Å². The Labute approximate surface area is 112 Å². The number of anilines is 1. The van der Waals surface area contributed by atoms with Crippen molar-refractivity contribution in [1.29, 1.82) is 0 Å². The molecule has 1 saturated heterocycles. The van der Waals surface area contributed by atoms with E-state index in [2.05, 4.69) is 0 Å². The van der Waals surface area contributed by atoms with E-state index in [0.717, 1.165) is 22.9 Å². The molecule has 0 bridgehead atoms. The van der Waals surface area contributed by atoms with Gasteiger partial charge in [0, 0.05) is 22.2 Å². The standard InChI is InChI=1S/C13H18ClNOS/c14-10-5-6-13(12(15)9-10)17-8-2-4-11-3-1-7-16-11/h5-6,9,11H,1-4,7-8,15H2. The normalized spacial score (nSPS) is 19.7. The van der Waals surface area contributed by atoms with Crippen molar-refractivity contribution in [2.75, 3.05) is 18.1 Å². The van der Waals surface area contributed by atoms with Crippen molar-refractivity contribution < 1.29 is 4.74 Å². The van der Waals surface area contributed by atoms with Crippen molar-refractivity contribution in [3.63, 3.8) is 0 Å². The van der Waals surface area contributed by atoms with Crippen LogP contribution in [-0.2, 0) is 4.74 Å². The molecule has 94 valence electrons. The van der Waals surface area contributed by atoms with Gasteiger partial charge in [-0.25, -0.2) is 0 Å². The quantitative estimate of drug-likeness (QED) is 0.500. The lowest BCUT2D eigenvalue weighted by molar-refractivity contribution is 0.104. The van der Waals surface area contributed by atoms with Crippen molar-refractivity contribution in [3.05, 3.63) is 23.2 Å². The lowest BCUT2D eigenvalue weighted by atomic mass is 10.1. The van der Waals surface area contributed by atoms with Gasteiger partial charge in [-0.15, -0.1) is 11.8 Å². The molecule has 1 unspecified atom stereocenters. The molecule has 17 heavy (non-hydrogen) atoms. The summed E-state index contributed by atoms with van der Waals surface area (Å²) in [5.74, 6) is 1.09. The average molecular weight is 272 g/mol. The number of nitrogen functional groups attached to an aromatic ring is 1. The van der Waals surface area contributed by atoms with Gasteiger partial charge in [0.2, 0.25) is 0 Å². The molecule has 0 aliphatic carbocycles. The van der Waals surface area contributed by atoms with Gasteiger partial charge in [0.15, 0.2) is 0 Å². The van der Waals surface area contributed by atoms with E-state index in [4.69, 9.17) is 22.1 Å². The Kier molecular flexibility index (Phi) is 5.01. The molecule has 0 radical (unpaired) electrons. The summed E-state index contributed by atoms with van der Waals surface area (Å²) in [6.07, 6.45) is 5.30. The molecule has 0 aromatic heterocycles. The van der Waals surface area contributed by atoms with Crippen molar-refractivity contribution in [3.8, 4) is 0 Å². The molecular weight excluding hydrogens is 254 g/mol.